The molecule has 0 saturated heterocycles. The smallest absolute Gasteiger partial charge is 0.0540 e. The SMILES string of the molecule is CC1(C)c2ccccc2-c2c(-c3ccc(N(c4ccc(-c5cccc6ccccc56)cc4)c4ccc(-c5cccc6ccccc56)cc4)c4ccccc34)cccc21. The van der Waals surface area contributed by atoms with Gasteiger partial charge in [0.1, 0.15) is 0 Å². The quantitative estimate of drug-likeness (QED) is 0.164. The molecular weight excluding hydrogens is 699 g/mol. The molecular formula is C57H41N. The van der Waals surface area contributed by atoms with Gasteiger partial charge >= 0.3 is 0 Å². The predicted octanol–water partition coefficient (Wildman–Crippen LogP) is 15.9. The van der Waals surface area contributed by atoms with Gasteiger partial charge in [0, 0.05) is 22.2 Å². The average Bonchev–Trinajstić information content (AvgIpc) is 3.52. The van der Waals surface area contributed by atoms with Crippen LogP contribution in [0.4, 0.5) is 17.1 Å². The van der Waals surface area contributed by atoms with Crippen LogP contribution in [0.15, 0.2) is 212 Å². The van der Waals surface area contributed by atoms with Crippen LogP contribution in [0.5, 0.6) is 0 Å². The van der Waals surface area contributed by atoms with E-state index in [-0.39, 0.29) is 5.41 Å². The molecule has 0 saturated carbocycles. The molecule has 0 aromatic heterocycles. The van der Waals surface area contributed by atoms with Gasteiger partial charge in [0.15, 0.2) is 0 Å². The second kappa shape index (κ2) is 13.5. The zero-order valence-electron chi connectivity index (χ0n) is 32.7. The van der Waals surface area contributed by atoms with Crippen molar-refractivity contribution < 1.29 is 0 Å². The fourth-order valence-corrected chi connectivity index (χ4v) is 9.65. The Bertz CT molecular complexity index is 3050. The molecule has 1 heteroatoms. The number of hydrogen-bond donors (Lipinski definition) is 0. The minimum atomic E-state index is -0.0646. The maximum absolute atomic E-state index is 2.43. The topological polar surface area (TPSA) is 3.24 Å². The first-order valence-electron chi connectivity index (χ1n) is 20.3. The maximum Gasteiger partial charge on any atom is 0.0540 e. The fourth-order valence-electron chi connectivity index (χ4n) is 9.65. The first kappa shape index (κ1) is 34.1. The third-order valence-corrected chi connectivity index (χ3v) is 12.5. The summed E-state index contributed by atoms with van der Waals surface area (Å²) in [6.07, 6.45) is 0. The van der Waals surface area contributed by atoms with Crippen molar-refractivity contribution in [3.63, 3.8) is 0 Å². The number of fused-ring (bicyclic) bond motifs is 6. The Hall–Kier alpha value is -7.22. The van der Waals surface area contributed by atoms with Crippen LogP contribution in [0, 0.1) is 0 Å². The molecule has 0 heterocycles. The number of rotatable bonds is 6. The number of nitrogens with zero attached hydrogens (tertiary/aromatic N) is 1. The molecule has 11 rings (SSSR count). The lowest BCUT2D eigenvalue weighted by molar-refractivity contribution is 0.660. The molecule has 1 nitrogen and oxygen atoms in total. The number of hydrogen-bond acceptors (Lipinski definition) is 1. The summed E-state index contributed by atoms with van der Waals surface area (Å²) in [4.78, 5) is 2.43. The van der Waals surface area contributed by atoms with Gasteiger partial charge < -0.3 is 4.90 Å². The molecule has 0 atom stereocenters. The summed E-state index contributed by atoms with van der Waals surface area (Å²) in [6.45, 7) is 4.72. The third-order valence-electron chi connectivity index (χ3n) is 12.5. The predicted molar refractivity (Wildman–Crippen MR) is 248 cm³/mol. The van der Waals surface area contributed by atoms with E-state index in [1.54, 1.807) is 0 Å². The van der Waals surface area contributed by atoms with E-state index >= 15 is 0 Å². The summed E-state index contributed by atoms with van der Waals surface area (Å²) in [5, 5.41) is 7.47. The summed E-state index contributed by atoms with van der Waals surface area (Å²) in [5.41, 5.74) is 16.2. The van der Waals surface area contributed by atoms with E-state index in [1.165, 1.54) is 88.0 Å². The summed E-state index contributed by atoms with van der Waals surface area (Å²) in [7, 11) is 0. The summed E-state index contributed by atoms with van der Waals surface area (Å²) in [5.74, 6) is 0. The standard InChI is InChI=1S/C57H41N/c1-57(2)53-26-10-9-22-52(53)56-51(25-13-27-54(56)57)49-36-37-55(50-21-8-7-20-48(49)50)58(42-32-28-40(29-33-42)46-23-11-16-38-14-3-5-18-44(38)46)43-34-30-41(31-35-43)47-24-12-17-39-15-4-6-19-45(39)47/h3-37H,1-2H3. The monoisotopic (exact) mass is 739 g/mol. The Morgan fingerprint density at radius 2 is 0.759 bits per heavy atom. The highest BCUT2D eigenvalue weighted by atomic mass is 15.1. The molecule has 0 fully saturated rings. The van der Waals surface area contributed by atoms with E-state index in [2.05, 4.69) is 231 Å². The van der Waals surface area contributed by atoms with Crippen molar-refractivity contribution in [3.05, 3.63) is 223 Å². The van der Waals surface area contributed by atoms with Crippen molar-refractivity contribution >= 4 is 49.4 Å². The molecule has 10 aromatic carbocycles. The second-order valence-electron chi connectivity index (χ2n) is 16.1. The lowest BCUT2D eigenvalue weighted by Crippen LogP contribution is -2.14. The largest absolute Gasteiger partial charge is 0.310 e. The molecule has 0 amide bonds. The summed E-state index contributed by atoms with van der Waals surface area (Å²) in [6, 6.07) is 78.1. The van der Waals surface area contributed by atoms with Crippen LogP contribution in [0.3, 0.4) is 0 Å². The molecule has 1 aliphatic carbocycles. The highest BCUT2D eigenvalue weighted by molar-refractivity contribution is 6.09. The Kier molecular flexibility index (Phi) is 7.91. The first-order valence-corrected chi connectivity index (χ1v) is 20.3. The molecule has 58 heavy (non-hydrogen) atoms. The van der Waals surface area contributed by atoms with E-state index in [9.17, 15) is 0 Å². The van der Waals surface area contributed by atoms with Crippen LogP contribution < -0.4 is 4.90 Å². The Labute approximate surface area is 340 Å². The van der Waals surface area contributed by atoms with Crippen LogP contribution in [0.25, 0.3) is 76.8 Å². The van der Waals surface area contributed by atoms with E-state index < -0.39 is 0 Å². The van der Waals surface area contributed by atoms with E-state index in [4.69, 9.17) is 0 Å². The van der Waals surface area contributed by atoms with Crippen LogP contribution in [-0.4, -0.2) is 0 Å². The van der Waals surface area contributed by atoms with Gasteiger partial charge in [-0.1, -0.05) is 196 Å². The van der Waals surface area contributed by atoms with Gasteiger partial charge in [-0.05, 0) is 113 Å². The highest BCUT2D eigenvalue weighted by Crippen LogP contribution is 2.53. The van der Waals surface area contributed by atoms with Crippen molar-refractivity contribution in [3.8, 4) is 44.5 Å². The van der Waals surface area contributed by atoms with E-state index in [0.717, 1.165) is 17.1 Å². The number of benzene rings is 10. The van der Waals surface area contributed by atoms with Crippen LogP contribution in [0.2, 0.25) is 0 Å². The molecule has 1 aliphatic rings. The molecule has 0 N–H and O–H groups in total. The Balaban J connectivity index is 1.08. The van der Waals surface area contributed by atoms with E-state index in [0.29, 0.717) is 0 Å². The van der Waals surface area contributed by atoms with Gasteiger partial charge in [-0.3, -0.25) is 0 Å². The van der Waals surface area contributed by atoms with Gasteiger partial charge in [-0.2, -0.15) is 0 Å². The molecule has 0 aliphatic heterocycles. The summed E-state index contributed by atoms with van der Waals surface area (Å²) >= 11 is 0. The van der Waals surface area contributed by atoms with Gasteiger partial charge in [0.25, 0.3) is 0 Å². The van der Waals surface area contributed by atoms with E-state index in [1.807, 2.05) is 0 Å². The number of anilines is 3. The average molecular weight is 740 g/mol. The third kappa shape index (κ3) is 5.39. The minimum absolute atomic E-state index is 0.0646. The molecule has 0 bridgehead atoms. The van der Waals surface area contributed by atoms with Crippen molar-refractivity contribution in [2.75, 3.05) is 4.90 Å². The fraction of sp³-hybridized carbons (Fsp3) is 0.0526. The first-order chi connectivity index (χ1) is 28.5. The zero-order chi connectivity index (χ0) is 38.8. The van der Waals surface area contributed by atoms with Crippen LogP contribution in [0.1, 0.15) is 25.0 Å². The minimum Gasteiger partial charge on any atom is -0.310 e. The molecule has 0 radical (unpaired) electrons. The second-order valence-corrected chi connectivity index (χ2v) is 16.1. The Morgan fingerprint density at radius 3 is 1.38 bits per heavy atom. The van der Waals surface area contributed by atoms with Crippen molar-refractivity contribution in [1.82, 2.24) is 0 Å². The zero-order valence-corrected chi connectivity index (χ0v) is 32.7. The van der Waals surface area contributed by atoms with Gasteiger partial charge in [-0.15, -0.1) is 0 Å². The summed E-state index contributed by atoms with van der Waals surface area (Å²) < 4.78 is 0. The highest BCUT2D eigenvalue weighted by Gasteiger charge is 2.36. The van der Waals surface area contributed by atoms with Crippen molar-refractivity contribution in [1.29, 1.82) is 0 Å². The van der Waals surface area contributed by atoms with Crippen molar-refractivity contribution in [2.24, 2.45) is 0 Å². The maximum atomic E-state index is 2.43. The molecule has 274 valence electrons. The van der Waals surface area contributed by atoms with Gasteiger partial charge in [0.2, 0.25) is 0 Å². The lowest BCUT2D eigenvalue weighted by atomic mass is 9.82. The molecule has 0 spiro atoms. The Morgan fingerprint density at radius 1 is 0.310 bits per heavy atom. The van der Waals surface area contributed by atoms with Crippen LogP contribution >= 0.6 is 0 Å². The van der Waals surface area contributed by atoms with Crippen LogP contribution in [-0.2, 0) is 5.41 Å². The normalized spacial score (nSPS) is 12.8. The van der Waals surface area contributed by atoms with Gasteiger partial charge in [-0.25, -0.2) is 0 Å². The molecule has 0 unspecified atom stereocenters. The lowest BCUT2D eigenvalue weighted by Gasteiger charge is -2.28. The van der Waals surface area contributed by atoms with Crippen molar-refractivity contribution in [2.45, 2.75) is 19.3 Å². The molecule has 10 aromatic rings. The van der Waals surface area contributed by atoms with Gasteiger partial charge in [0.05, 0.1) is 5.69 Å².